The van der Waals surface area contributed by atoms with Crippen LogP contribution in [0, 0.1) is 10.1 Å². The molecule has 0 amide bonds. The van der Waals surface area contributed by atoms with E-state index in [4.69, 9.17) is 4.74 Å². The lowest BCUT2D eigenvalue weighted by atomic mass is 10.1. The Kier molecular flexibility index (Phi) is 4.80. The number of benzene rings is 1. The van der Waals surface area contributed by atoms with Gasteiger partial charge in [-0.15, -0.1) is 0 Å². The third kappa shape index (κ3) is 5.32. The third-order valence-electron chi connectivity index (χ3n) is 3.38. The van der Waals surface area contributed by atoms with Crippen LogP contribution in [0.15, 0.2) is 18.2 Å². The van der Waals surface area contributed by atoms with Crippen LogP contribution in [0.5, 0.6) is 5.75 Å². The van der Waals surface area contributed by atoms with Crippen LogP contribution in [0.2, 0.25) is 0 Å². The van der Waals surface area contributed by atoms with E-state index in [0.717, 1.165) is 18.4 Å². The highest BCUT2D eigenvalue weighted by atomic mass is 16.6. The topological polar surface area (TPSA) is 84.6 Å². The van der Waals surface area contributed by atoms with Gasteiger partial charge in [-0.3, -0.25) is 10.1 Å². The van der Waals surface area contributed by atoms with Gasteiger partial charge < -0.3 is 15.2 Å². The van der Waals surface area contributed by atoms with Crippen molar-refractivity contribution in [2.45, 2.75) is 51.3 Å². The largest absolute Gasteiger partial charge is 0.493 e. The number of nitro benzene ring substituents is 1. The molecular weight excluding hydrogens is 272 g/mol. The molecule has 0 saturated heterocycles. The number of hydrogen-bond donors (Lipinski definition) is 2. The molecule has 2 rings (SSSR count). The van der Waals surface area contributed by atoms with Crippen molar-refractivity contribution in [1.29, 1.82) is 0 Å². The summed E-state index contributed by atoms with van der Waals surface area (Å²) in [5.74, 6) is 0.637. The zero-order valence-corrected chi connectivity index (χ0v) is 12.5. The summed E-state index contributed by atoms with van der Waals surface area (Å²) < 4.78 is 5.68. The van der Waals surface area contributed by atoms with Crippen LogP contribution in [0.3, 0.4) is 0 Å². The van der Waals surface area contributed by atoms with E-state index in [1.807, 2.05) is 0 Å². The molecule has 21 heavy (non-hydrogen) atoms. The van der Waals surface area contributed by atoms with Crippen molar-refractivity contribution in [1.82, 2.24) is 5.32 Å². The Morgan fingerprint density at radius 3 is 2.76 bits per heavy atom. The van der Waals surface area contributed by atoms with Gasteiger partial charge in [0.25, 0.3) is 5.69 Å². The summed E-state index contributed by atoms with van der Waals surface area (Å²) in [7, 11) is 0. The summed E-state index contributed by atoms with van der Waals surface area (Å²) in [5.41, 5.74) is 0.0667. The fourth-order valence-electron chi connectivity index (χ4n) is 1.91. The number of nitrogens with zero attached hydrogens (tertiary/aromatic N) is 1. The summed E-state index contributed by atoms with van der Waals surface area (Å²) in [6, 6.07) is 5.15. The molecule has 0 atom stereocenters. The van der Waals surface area contributed by atoms with Crippen LogP contribution in [-0.4, -0.2) is 28.3 Å². The van der Waals surface area contributed by atoms with Crippen LogP contribution in [0.4, 0.5) is 5.69 Å². The van der Waals surface area contributed by atoms with E-state index in [9.17, 15) is 15.2 Å². The van der Waals surface area contributed by atoms with Crippen molar-refractivity contribution in [3.63, 3.8) is 0 Å². The highest BCUT2D eigenvalue weighted by Gasteiger charge is 2.21. The molecule has 1 fully saturated rings. The van der Waals surface area contributed by atoms with E-state index in [0.29, 0.717) is 31.4 Å². The van der Waals surface area contributed by atoms with Gasteiger partial charge in [0, 0.05) is 36.7 Å². The molecule has 0 aliphatic heterocycles. The predicted octanol–water partition coefficient (Wildman–Crippen LogP) is 2.39. The van der Waals surface area contributed by atoms with Crippen molar-refractivity contribution < 1.29 is 14.8 Å². The zero-order chi connectivity index (χ0) is 15.5. The molecule has 0 spiro atoms. The number of aliphatic hydroxyl groups is 1. The lowest BCUT2D eigenvalue weighted by molar-refractivity contribution is -0.384. The van der Waals surface area contributed by atoms with Gasteiger partial charge in [0.1, 0.15) is 5.75 Å². The second kappa shape index (κ2) is 6.41. The van der Waals surface area contributed by atoms with Gasteiger partial charge >= 0.3 is 0 Å². The lowest BCUT2D eigenvalue weighted by Gasteiger charge is -2.18. The fourth-order valence-corrected chi connectivity index (χ4v) is 1.91. The van der Waals surface area contributed by atoms with Gasteiger partial charge in [-0.2, -0.15) is 0 Å². The molecule has 0 radical (unpaired) electrons. The second-order valence-corrected chi connectivity index (χ2v) is 6.12. The molecule has 1 aliphatic rings. The van der Waals surface area contributed by atoms with Crippen molar-refractivity contribution in [3.05, 3.63) is 33.9 Å². The average molecular weight is 294 g/mol. The van der Waals surface area contributed by atoms with Gasteiger partial charge in [0.15, 0.2) is 0 Å². The standard InChI is InChI=1S/C15H22N2O4/c1-15(2,18)7-8-21-14-6-5-13(17(19)20)9-11(14)10-16-12-3-4-12/h5-6,9,12,16,18H,3-4,7-8,10H2,1-2H3. The summed E-state index contributed by atoms with van der Waals surface area (Å²) in [6.45, 7) is 4.38. The molecule has 0 bridgehead atoms. The minimum atomic E-state index is -0.785. The number of hydrogen-bond acceptors (Lipinski definition) is 5. The van der Waals surface area contributed by atoms with Gasteiger partial charge in [0.2, 0.25) is 0 Å². The Morgan fingerprint density at radius 1 is 1.48 bits per heavy atom. The van der Waals surface area contributed by atoms with Crippen molar-refractivity contribution in [2.24, 2.45) is 0 Å². The monoisotopic (exact) mass is 294 g/mol. The van der Waals surface area contributed by atoms with E-state index in [1.165, 1.54) is 6.07 Å². The van der Waals surface area contributed by atoms with Gasteiger partial charge in [-0.1, -0.05) is 0 Å². The van der Waals surface area contributed by atoms with E-state index in [1.54, 1.807) is 26.0 Å². The number of ether oxygens (including phenoxy) is 1. The van der Waals surface area contributed by atoms with Crippen LogP contribution in [0.25, 0.3) is 0 Å². The first-order valence-electron chi connectivity index (χ1n) is 7.21. The molecule has 1 saturated carbocycles. The SMILES string of the molecule is CC(C)(O)CCOc1ccc([N+](=O)[O-])cc1CNC1CC1. The molecule has 1 aromatic carbocycles. The van der Waals surface area contributed by atoms with Crippen molar-refractivity contribution >= 4 is 5.69 Å². The summed E-state index contributed by atoms with van der Waals surface area (Å²) in [5, 5.41) is 23.9. The summed E-state index contributed by atoms with van der Waals surface area (Å²) in [6.07, 6.45) is 2.81. The number of non-ortho nitro benzene ring substituents is 1. The van der Waals surface area contributed by atoms with E-state index < -0.39 is 10.5 Å². The molecule has 1 aliphatic carbocycles. The fraction of sp³-hybridized carbons (Fsp3) is 0.600. The first-order chi connectivity index (χ1) is 9.85. The molecule has 0 unspecified atom stereocenters. The van der Waals surface area contributed by atoms with Gasteiger partial charge in [-0.25, -0.2) is 0 Å². The summed E-state index contributed by atoms with van der Waals surface area (Å²) >= 11 is 0. The Morgan fingerprint density at radius 2 is 2.19 bits per heavy atom. The highest BCUT2D eigenvalue weighted by molar-refractivity contribution is 5.43. The van der Waals surface area contributed by atoms with Gasteiger partial charge in [-0.05, 0) is 32.8 Å². The Bertz CT molecular complexity index is 507. The Hall–Kier alpha value is -1.66. The molecule has 6 nitrogen and oxygen atoms in total. The van der Waals surface area contributed by atoms with E-state index in [-0.39, 0.29) is 5.69 Å². The van der Waals surface area contributed by atoms with E-state index >= 15 is 0 Å². The molecule has 0 heterocycles. The third-order valence-corrected chi connectivity index (χ3v) is 3.38. The summed E-state index contributed by atoms with van der Waals surface area (Å²) in [4.78, 5) is 10.5. The maximum absolute atomic E-state index is 10.9. The van der Waals surface area contributed by atoms with E-state index in [2.05, 4.69) is 5.32 Å². The van der Waals surface area contributed by atoms with Crippen molar-refractivity contribution in [3.8, 4) is 5.75 Å². The maximum atomic E-state index is 10.9. The van der Waals surface area contributed by atoms with Crippen LogP contribution in [0.1, 0.15) is 38.7 Å². The van der Waals surface area contributed by atoms with Crippen LogP contribution in [-0.2, 0) is 6.54 Å². The number of rotatable bonds is 8. The first-order valence-corrected chi connectivity index (χ1v) is 7.21. The van der Waals surface area contributed by atoms with Crippen LogP contribution < -0.4 is 10.1 Å². The molecular formula is C15H22N2O4. The Balaban J connectivity index is 2.03. The second-order valence-electron chi connectivity index (χ2n) is 6.12. The Labute approximate surface area is 124 Å². The lowest BCUT2D eigenvalue weighted by Crippen LogP contribution is -2.22. The zero-order valence-electron chi connectivity index (χ0n) is 12.5. The van der Waals surface area contributed by atoms with Crippen molar-refractivity contribution in [2.75, 3.05) is 6.61 Å². The molecule has 6 heteroatoms. The molecule has 0 aromatic heterocycles. The average Bonchev–Trinajstić information content (AvgIpc) is 3.19. The number of nitrogens with one attached hydrogen (secondary N) is 1. The molecule has 116 valence electrons. The molecule has 1 aromatic rings. The quantitative estimate of drug-likeness (QED) is 0.568. The minimum Gasteiger partial charge on any atom is -0.493 e. The highest BCUT2D eigenvalue weighted by Crippen LogP contribution is 2.26. The first kappa shape index (κ1) is 15.7. The van der Waals surface area contributed by atoms with Crippen LogP contribution >= 0.6 is 0 Å². The predicted molar refractivity (Wildman–Crippen MR) is 79.4 cm³/mol. The van der Waals surface area contributed by atoms with Gasteiger partial charge in [0.05, 0.1) is 17.1 Å². The normalized spacial score (nSPS) is 15.0. The maximum Gasteiger partial charge on any atom is 0.270 e. The number of nitro groups is 1. The molecule has 2 N–H and O–H groups in total. The smallest absolute Gasteiger partial charge is 0.270 e. The minimum absolute atomic E-state index is 0.0671.